The summed E-state index contributed by atoms with van der Waals surface area (Å²) in [4.78, 5) is 23.3. The topological polar surface area (TPSA) is 90.2 Å². The Hall–Kier alpha value is -3.15. The van der Waals surface area contributed by atoms with E-state index < -0.39 is 12.0 Å². The first kappa shape index (κ1) is 16.7. The van der Waals surface area contributed by atoms with Crippen LogP contribution in [-0.4, -0.2) is 32.8 Å². The second-order valence-corrected chi connectivity index (χ2v) is 5.82. The Labute approximate surface area is 145 Å². The quantitative estimate of drug-likeness (QED) is 0.877. The summed E-state index contributed by atoms with van der Waals surface area (Å²) in [5.41, 5.74) is 2.23. The third-order valence-electron chi connectivity index (χ3n) is 4.12. The number of aliphatic carboxylic acids is 1. The Balaban J connectivity index is 1.92. The molecule has 0 aliphatic carbocycles. The van der Waals surface area contributed by atoms with Gasteiger partial charge in [0.1, 0.15) is 5.75 Å². The number of hydrazone groups is 1. The number of carboxylic acid groups (broad SMARTS) is 1. The van der Waals surface area contributed by atoms with Crippen LogP contribution in [0.2, 0.25) is 0 Å². The SMILES string of the molecule is O=C(O)CCC(=O)N1N=C(c2ccccc2)C[C@@H]1c1ccccc1O. The van der Waals surface area contributed by atoms with Crippen molar-refractivity contribution in [3.63, 3.8) is 0 Å². The Bertz CT molecular complexity index is 817. The fourth-order valence-electron chi connectivity index (χ4n) is 2.89. The minimum Gasteiger partial charge on any atom is -0.508 e. The number of carbonyl (C=O) groups is 2. The zero-order chi connectivity index (χ0) is 17.8. The van der Waals surface area contributed by atoms with Crippen LogP contribution < -0.4 is 0 Å². The predicted octanol–water partition coefficient (Wildman–Crippen LogP) is 2.93. The number of aromatic hydroxyl groups is 1. The molecule has 0 aromatic heterocycles. The van der Waals surface area contributed by atoms with Crippen LogP contribution in [0.15, 0.2) is 59.7 Å². The molecule has 0 bridgehead atoms. The van der Waals surface area contributed by atoms with E-state index in [9.17, 15) is 14.7 Å². The molecular weight excluding hydrogens is 320 g/mol. The molecule has 1 aliphatic heterocycles. The fourth-order valence-corrected chi connectivity index (χ4v) is 2.89. The van der Waals surface area contributed by atoms with Gasteiger partial charge in [0.05, 0.1) is 18.2 Å². The van der Waals surface area contributed by atoms with Crippen molar-refractivity contribution >= 4 is 17.6 Å². The van der Waals surface area contributed by atoms with Crippen molar-refractivity contribution in [3.05, 3.63) is 65.7 Å². The van der Waals surface area contributed by atoms with Crippen LogP contribution in [-0.2, 0) is 9.59 Å². The highest BCUT2D eigenvalue weighted by Crippen LogP contribution is 2.37. The first-order valence-corrected chi connectivity index (χ1v) is 8.01. The van der Waals surface area contributed by atoms with Crippen molar-refractivity contribution in [2.45, 2.75) is 25.3 Å². The molecule has 128 valence electrons. The van der Waals surface area contributed by atoms with Gasteiger partial charge in [0.15, 0.2) is 0 Å². The monoisotopic (exact) mass is 338 g/mol. The average Bonchev–Trinajstić information content (AvgIpc) is 3.06. The maximum atomic E-state index is 12.5. The van der Waals surface area contributed by atoms with Crippen LogP contribution >= 0.6 is 0 Å². The number of phenolic OH excluding ortho intramolecular Hbond substituents is 1. The number of phenols is 1. The Morgan fingerprint density at radius 1 is 1.04 bits per heavy atom. The number of hydrogen-bond acceptors (Lipinski definition) is 4. The molecule has 25 heavy (non-hydrogen) atoms. The summed E-state index contributed by atoms with van der Waals surface area (Å²) in [5.74, 6) is -1.31. The van der Waals surface area contributed by atoms with E-state index in [1.165, 1.54) is 5.01 Å². The maximum Gasteiger partial charge on any atom is 0.303 e. The van der Waals surface area contributed by atoms with Crippen molar-refractivity contribution < 1.29 is 19.8 Å². The summed E-state index contributed by atoms with van der Waals surface area (Å²) in [6, 6.07) is 15.9. The van der Waals surface area contributed by atoms with Crippen LogP contribution in [0.25, 0.3) is 0 Å². The van der Waals surface area contributed by atoms with E-state index in [1.54, 1.807) is 24.3 Å². The van der Waals surface area contributed by atoms with Gasteiger partial charge in [-0.05, 0) is 11.6 Å². The highest BCUT2D eigenvalue weighted by Gasteiger charge is 2.34. The number of nitrogens with zero attached hydrogens (tertiary/aromatic N) is 2. The average molecular weight is 338 g/mol. The molecule has 2 N–H and O–H groups in total. The van der Waals surface area contributed by atoms with Crippen LogP contribution in [0.1, 0.15) is 36.4 Å². The molecule has 1 aliphatic rings. The van der Waals surface area contributed by atoms with Gasteiger partial charge in [0.25, 0.3) is 0 Å². The van der Waals surface area contributed by atoms with Crippen LogP contribution in [0.3, 0.4) is 0 Å². The zero-order valence-electron chi connectivity index (χ0n) is 13.5. The van der Waals surface area contributed by atoms with Crippen LogP contribution in [0, 0.1) is 0 Å². The van der Waals surface area contributed by atoms with Crippen molar-refractivity contribution in [2.24, 2.45) is 5.10 Å². The molecule has 1 heterocycles. The highest BCUT2D eigenvalue weighted by molar-refractivity contribution is 6.03. The number of carboxylic acids is 1. The number of para-hydroxylation sites is 1. The lowest BCUT2D eigenvalue weighted by Crippen LogP contribution is -2.27. The van der Waals surface area contributed by atoms with Gasteiger partial charge >= 0.3 is 5.97 Å². The Kier molecular flexibility index (Phi) is 4.79. The first-order valence-electron chi connectivity index (χ1n) is 8.01. The maximum absolute atomic E-state index is 12.5. The van der Waals surface area contributed by atoms with Gasteiger partial charge < -0.3 is 10.2 Å². The number of rotatable bonds is 5. The van der Waals surface area contributed by atoms with Gasteiger partial charge in [0.2, 0.25) is 5.91 Å². The second-order valence-electron chi connectivity index (χ2n) is 5.82. The summed E-state index contributed by atoms with van der Waals surface area (Å²) in [7, 11) is 0. The van der Waals surface area contributed by atoms with Crippen molar-refractivity contribution in [3.8, 4) is 5.75 Å². The van der Waals surface area contributed by atoms with E-state index in [2.05, 4.69) is 5.10 Å². The van der Waals surface area contributed by atoms with Crippen molar-refractivity contribution in [1.29, 1.82) is 0 Å². The van der Waals surface area contributed by atoms with Gasteiger partial charge in [-0.3, -0.25) is 9.59 Å². The third-order valence-corrected chi connectivity index (χ3v) is 4.12. The standard InChI is InChI=1S/C19H18N2O4/c22-17-9-5-4-8-14(17)16-12-15(13-6-2-1-3-7-13)20-21(16)18(23)10-11-19(24)25/h1-9,16,22H,10-12H2,(H,24,25)/t16-/m1/s1. The lowest BCUT2D eigenvalue weighted by atomic mass is 9.97. The minimum atomic E-state index is -1.03. The molecule has 0 saturated heterocycles. The molecule has 1 atom stereocenters. The van der Waals surface area contributed by atoms with Gasteiger partial charge in [-0.1, -0.05) is 48.5 Å². The van der Waals surface area contributed by atoms with Gasteiger partial charge in [0, 0.05) is 18.4 Å². The predicted molar refractivity (Wildman–Crippen MR) is 92.2 cm³/mol. The van der Waals surface area contributed by atoms with E-state index in [1.807, 2.05) is 30.3 Å². The smallest absolute Gasteiger partial charge is 0.303 e. The van der Waals surface area contributed by atoms with Crippen molar-refractivity contribution in [1.82, 2.24) is 5.01 Å². The normalized spacial score (nSPS) is 16.6. The van der Waals surface area contributed by atoms with Gasteiger partial charge in [-0.2, -0.15) is 5.10 Å². The third kappa shape index (κ3) is 3.68. The molecule has 0 saturated carbocycles. The molecule has 2 aromatic carbocycles. The lowest BCUT2D eigenvalue weighted by Gasteiger charge is -2.22. The number of benzene rings is 2. The van der Waals surface area contributed by atoms with Crippen molar-refractivity contribution in [2.75, 3.05) is 0 Å². The van der Waals surface area contributed by atoms with Gasteiger partial charge in [-0.25, -0.2) is 5.01 Å². The number of hydrogen-bond donors (Lipinski definition) is 2. The largest absolute Gasteiger partial charge is 0.508 e. The molecule has 0 unspecified atom stereocenters. The summed E-state index contributed by atoms with van der Waals surface area (Å²) in [6.45, 7) is 0. The molecule has 1 amide bonds. The second kappa shape index (κ2) is 7.17. The minimum absolute atomic E-state index is 0.0908. The molecule has 0 spiro atoms. The molecule has 3 rings (SSSR count). The zero-order valence-corrected chi connectivity index (χ0v) is 13.5. The number of amides is 1. The lowest BCUT2D eigenvalue weighted by molar-refractivity contribution is -0.141. The number of carbonyl (C=O) groups excluding carboxylic acids is 1. The van der Waals surface area contributed by atoms with E-state index in [0.717, 1.165) is 11.3 Å². The summed E-state index contributed by atoms with van der Waals surface area (Å²) in [6.07, 6.45) is 0.0738. The van der Waals surface area contributed by atoms with Gasteiger partial charge in [-0.15, -0.1) is 0 Å². The van der Waals surface area contributed by atoms with E-state index in [-0.39, 0.29) is 24.5 Å². The molecular formula is C19H18N2O4. The first-order chi connectivity index (χ1) is 12.1. The summed E-state index contributed by atoms with van der Waals surface area (Å²) in [5, 5.41) is 24.7. The molecule has 0 fully saturated rings. The van der Waals surface area contributed by atoms with E-state index in [4.69, 9.17) is 5.11 Å². The molecule has 2 aromatic rings. The highest BCUT2D eigenvalue weighted by atomic mass is 16.4. The van der Waals surface area contributed by atoms with E-state index >= 15 is 0 Å². The Morgan fingerprint density at radius 3 is 2.40 bits per heavy atom. The van der Waals surface area contributed by atoms with Crippen LogP contribution in [0.4, 0.5) is 0 Å². The fraction of sp³-hybridized carbons (Fsp3) is 0.211. The summed E-state index contributed by atoms with van der Waals surface area (Å²) >= 11 is 0. The molecule has 6 nitrogen and oxygen atoms in total. The molecule has 6 heteroatoms. The Morgan fingerprint density at radius 2 is 1.72 bits per heavy atom. The van der Waals surface area contributed by atoms with E-state index in [0.29, 0.717) is 12.0 Å². The van der Waals surface area contributed by atoms with Crippen LogP contribution in [0.5, 0.6) is 5.75 Å². The summed E-state index contributed by atoms with van der Waals surface area (Å²) < 4.78 is 0. The molecule has 0 radical (unpaired) electrons.